The molecule has 460 valence electrons. The molecule has 0 aromatic carbocycles. The molecule has 0 heterocycles. The quantitative estimate of drug-likeness (QED) is 0.0261. The van der Waals surface area contributed by atoms with Crippen LogP contribution in [0.3, 0.4) is 0 Å². The molecule has 78 heavy (non-hydrogen) atoms. The molecule has 0 aromatic heterocycles. The fraction of sp³-hybridized carbons (Fsp3) is 0.903. The van der Waals surface area contributed by atoms with Crippen molar-refractivity contribution < 1.29 is 28.6 Å². The molecule has 0 amide bonds. The van der Waals surface area contributed by atoms with Gasteiger partial charge in [-0.05, 0) is 70.6 Å². The van der Waals surface area contributed by atoms with E-state index in [4.69, 9.17) is 14.2 Å². The van der Waals surface area contributed by atoms with Crippen LogP contribution in [0.1, 0.15) is 400 Å². The first-order valence-corrected chi connectivity index (χ1v) is 35.3. The summed E-state index contributed by atoms with van der Waals surface area (Å²) in [4.78, 5) is 38.4. The lowest BCUT2D eigenvalue weighted by atomic mass is 10.0. The zero-order valence-corrected chi connectivity index (χ0v) is 53.0. The Kier molecular flexibility index (Phi) is 65.6. The van der Waals surface area contributed by atoms with E-state index in [1.54, 1.807) is 0 Å². The van der Waals surface area contributed by atoms with Crippen molar-refractivity contribution in [2.24, 2.45) is 0 Å². The van der Waals surface area contributed by atoms with Crippen molar-refractivity contribution in [3.8, 4) is 0 Å². The predicted octanol–water partition coefficient (Wildman–Crippen LogP) is 24.2. The van der Waals surface area contributed by atoms with E-state index >= 15 is 0 Å². The van der Waals surface area contributed by atoms with Gasteiger partial charge in [0.2, 0.25) is 0 Å². The normalized spacial score (nSPS) is 12.1. The number of carbonyl (C=O) groups is 3. The second-order valence-corrected chi connectivity index (χ2v) is 24.1. The number of hydrogen-bond donors (Lipinski definition) is 0. The van der Waals surface area contributed by atoms with Gasteiger partial charge in [-0.2, -0.15) is 0 Å². The SMILES string of the molecule is CCCCCCCC/C=C\CCCCCCCC(=O)OCC(COC(=O)CCCCCCCCCCCCCCC/C=C\CCCCCCCCCC)OC(=O)CCCCCCCCCCCCCCCCCCCCCC. The molecule has 0 aromatic rings. The molecule has 0 rings (SSSR count). The summed E-state index contributed by atoms with van der Waals surface area (Å²) in [5.41, 5.74) is 0. The van der Waals surface area contributed by atoms with Gasteiger partial charge in [0.25, 0.3) is 0 Å². The van der Waals surface area contributed by atoms with Gasteiger partial charge in [-0.1, -0.05) is 334 Å². The molecular weight excluding hydrogens is 961 g/mol. The smallest absolute Gasteiger partial charge is 0.306 e. The first-order valence-electron chi connectivity index (χ1n) is 35.3. The molecule has 0 spiro atoms. The highest BCUT2D eigenvalue weighted by atomic mass is 16.6. The molecule has 1 unspecified atom stereocenters. The molecule has 0 saturated carbocycles. The molecule has 0 saturated heterocycles. The summed E-state index contributed by atoms with van der Waals surface area (Å²) in [6.45, 7) is 6.71. The van der Waals surface area contributed by atoms with Gasteiger partial charge in [-0.3, -0.25) is 14.4 Å². The number of ether oxygens (including phenoxy) is 3. The van der Waals surface area contributed by atoms with Crippen molar-refractivity contribution in [3.63, 3.8) is 0 Å². The Bertz CT molecular complexity index is 1260. The number of unbranched alkanes of at least 4 members (excludes halogenated alkanes) is 51. The molecule has 0 N–H and O–H groups in total. The van der Waals surface area contributed by atoms with Gasteiger partial charge in [0.1, 0.15) is 13.2 Å². The van der Waals surface area contributed by atoms with Gasteiger partial charge in [0, 0.05) is 19.3 Å². The topological polar surface area (TPSA) is 78.9 Å². The number of allylic oxidation sites excluding steroid dienone is 4. The van der Waals surface area contributed by atoms with E-state index in [9.17, 15) is 14.4 Å². The van der Waals surface area contributed by atoms with Gasteiger partial charge < -0.3 is 14.2 Å². The monoisotopic (exact) mass is 1100 g/mol. The number of hydrogen-bond acceptors (Lipinski definition) is 6. The molecule has 1 atom stereocenters. The molecular formula is C72H136O6. The summed E-state index contributed by atoms with van der Waals surface area (Å²) < 4.78 is 17.0. The number of carbonyl (C=O) groups excluding carboxylic acids is 3. The third-order valence-electron chi connectivity index (χ3n) is 16.2. The highest BCUT2D eigenvalue weighted by Gasteiger charge is 2.19. The molecule has 6 heteroatoms. The minimum absolute atomic E-state index is 0.0682. The van der Waals surface area contributed by atoms with Crippen molar-refractivity contribution in [2.75, 3.05) is 13.2 Å². The summed E-state index contributed by atoms with van der Waals surface area (Å²) in [6.07, 6.45) is 82.0. The lowest BCUT2D eigenvalue weighted by molar-refractivity contribution is -0.167. The van der Waals surface area contributed by atoms with E-state index < -0.39 is 6.10 Å². The Balaban J connectivity index is 4.26. The molecule has 0 aliphatic heterocycles. The van der Waals surface area contributed by atoms with Crippen LogP contribution in [0.2, 0.25) is 0 Å². The minimum atomic E-state index is -0.772. The predicted molar refractivity (Wildman–Crippen MR) is 340 cm³/mol. The highest BCUT2D eigenvalue weighted by Crippen LogP contribution is 2.18. The van der Waals surface area contributed by atoms with Crippen LogP contribution in [0, 0.1) is 0 Å². The van der Waals surface area contributed by atoms with Crippen LogP contribution in [0.15, 0.2) is 24.3 Å². The minimum Gasteiger partial charge on any atom is -0.462 e. The van der Waals surface area contributed by atoms with E-state index in [0.717, 1.165) is 64.2 Å². The third-order valence-corrected chi connectivity index (χ3v) is 16.2. The van der Waals surface area contributed by atoms with Crippen molar-refractivity contribution in [2.45, 2.75) is 406 Å². The lowest BCUT2D eigenvalue weighted by Crippen LogP contribution is -2.30. The van der Waals surface area contributed by atoms with Crippen LogP contribution in [-0.4, -0.2) is 37.2 Å². The first-order chi connectivity index (χ1) is 38.5. The van der Waals surface area contributed by atoms with Crippen LogP contribution in [0.5, 0.6) is 0 Å². The molecule has 0 aliphatic carbocycles. The summed E-state index contributed by atoms with van der Waals surface area (Å²) >= 11 is 0. The van der Waals surface area contributed by atoms with Crippen molar-refractivity contribution in [1.82, 2.24) is 0 Å². The number of rotatable bonds is 66. The fourth-order valence-corrected chi connectivity index (χ4v) is 10.8. The Hall–Kier alpha value is -2.11. The zero-order valence-electron chi connectivity index (χ0n) is 53.0. The summed E-state index contributed by atoms with van der Waals surface area (Å²) in [7, 11) is 0. The van der Waals surface area contributed by atoms with Gasteiger partial charge in [0.05, 0.1) is 0 Å². The Labute approximate surface area is 487 Å². The maximum Gasteiger partial charge on any atom is 0.306 e. The van der Waals surface area contributed by atoms with Crippen molar-refractivity contribution >= 4 is 17.9 Å². The maximum absolute atomic E-state index is 12.9. The highest BCUT2D eigenvalue weighted by molar-refractivity contribution is 5.71. The van der Waals surface area contributed by atoms with E-state index in [0.29, 0.717) is 19.3 Å². The molecule has 0 fully saturated rings. The first kappa shape index (κ1) is 75.9. The largest absolute Gasteiger partial charge is 0.462 e. The third kappa shape index (κ3) is 64.7. The van der Waals surface area contributed by atoms with E-state index in [1.807, 2.05) is 0 Å². The summed E-state index contributed by atoms with van der Waals surface area (Å²) in [6, 6.07) is 0. The average molecular weight is 1100 g/mol. The standard InChI is InChI=1S/C72H136O6/c1-4-7-10-13-16-19-22-25-28-30-32-34-35-36-37-38-40-41-44-47-50-53-56-59-62-65-71(74)77-68-69(67-76-70(73)64-61-58-55-52-49-46-43-27-24-21-18-15-12-9-6-3)78-72(75)66-63-60-57-54-51-48-45-42-39-33-31-29-26-23-20-17-14-11-8-5-2/h27,30,32,43,69H,4-26,28-29,31,33-42,44-68H2,1-3H3/b32-30-,43-27-. The van der Waals surface area contributed by atoms with Crippen LogP contribution in [0.4, 0.5) is 0 Å². The zero-order chi connectivity index (χ0) is 56.4. The van der Waals surface area contributed by atoms with Crippen LogP contribution in [-0.2, 0) is 28.6 Å². The van der Waals surface area contributed by atoms with Gasteiger partial charge in [-0.15, -0.1) is 0 Å². The Morgan fingerprint density at radius 1 is 0.244 bits per heavy atom. The maximum atomic E-state index is 12.9. The second-order valence-electron chi connectivity index (χ2n) is 24.1. The van der Waals surface area contributed by atoms with Crippen molar-refractivity contribution in [3.05, 3.63) is 24.3 Å². The molecule has 0 radical (unpaired) electrons. The fourth-order valence-electron chi connectivity index (χ4n) is 10.8. The van der Waals surface area contributed by atoms with Crippen molar-refractivity contribution in [1.29, 1.82) is 0 Å². The Morgan fingerprint density at radius 3 is 0.641 bits per heavy atom. The van der Waals surface area contributed by atoms with E-state index in [-0.39, 0.29) is 31.1 Å². The summed E-state index contributed by atoms with van der Waals surface area (Å²) in [5.74, 6) is -0.845. The average Bonchev–Trinajstić information content (AvgIpc) is 3.44. The van der Waals surface area contributed by atoms with Gasteiger partial charge in [-0.25, -0.2) is 0 Å². The van der Waals surface area contributed by atoms with Crippen LogP contribution >= 0.6 is 0 Å². The second kappa shape index (κ2) is 67.4. The molecule has 6 nitrogen and oxygen atoms in total. The Morgan fingerprint density at radius 2 is 0.423 bits per heavy atom. The molecule has 0 bridgehead atoms. The summed E-state index contributed by atoms with van der Waals surface area (Å²) in [5, 5.41) is 0. The number of esters is 3. The van der Waals surface area contributed by atoms with E-state index in [1.165, 1.54) is 295 Å². The lowest BCUT2D eigenvalue weighted by Gasteiger charge is -2.18. The van der Waals surface area contributed by atoms with Crippen LogP contribution in [0.25, 0.3) is 0 Å². The van der Waals surface area contributed by atoms with Crippen LogP contribution < -0.4 is 0 Å². The molecule has 0 aliphatic rings. The van der Waals surface area contributed by atoms with Gasteiger partial charge in [0.15, 0.2) is 6.10 Å². The van der Waals surface area contributed by atoms with Gasteiger partial charge >= 0.3 is 17.9 Å². The van der Waals surface area contributed by atoms with E-state index in [2.05, 4.69) is 45.1 Å².